The minimum absolute atomic E-state index is 0.265. The van der Waals surface area contributed by atoms with E-state index < -0.39 is 0 Å². The normalized spacial score (nSPS) is 19.1. The van der Waals surface area contributed by atoms with E-state index in [9.17, 15) is 4.39 Å². The van der Waals surface area contributed by atoms with Gasteiger partial charge in [0.05, 0.1) is 11.2 Å². The molecule has 2 heterocycles. The highest BCUT2D eigenvalue weighted by Gasteiger charge is 2.29. The van der Waals surface area contributed by atoms with Gasteiger partial charge in [0.15, 0.2) is 0 Å². The third kappa shape index (κ3) is 3.39. The Kier molecular flexibility index (Phi) is 4.60. The summed E-state index contributed by atoms with van der Waals surface area (Å²) in [6, 6.07) is 7.16. The zero-order chi connectivity index (χ0) is 15.5. The minimum Gasteiger partial charge on any atom is -0.484 e. The van der Waals surface area contributed by atoms with E-state index in [2.05, 4.69) is 10.3 Å². The van der Waals surface area contributed by atoms with Crippen LogP contribution < -0.4 is 10.1 Å². The zero-order valence-electron chi connectivity index (χ0n) is 12.4. The van der Waals surface area contributed by atoms with E-state index in [0.717, 1.165) is 30.6 Å². The number of benzene rings is 1. The number of aryl methyl sites for hydroxylation is 1. The Morgan fingerprint density at radius 1 is 1.36 bits per heavy atom. The van der Waals surface area contributed by atoms with Gasteiger partial charge in [-0.15, -0.1) is 0 Å². The Balaban J connectivity index is 1.91. The maximum atomic E-state index is 13.5. The summed E-state index contributed by atoms with van der Waals surface area (Å²) in [7, 11) is 0. The van der Waals surface area contributed by atoms with Gasteiger partial charge >= 0.3 is 0 Å². The average Bonchev–Trinajstić information content (AvgIpc) is 3.00. The molecule has 0 spiro atoms. The SMILES string of the molecule is Cc1ccc(O[C@H](c2cncc(F)c2)C2CCNC2)c(Cl)c1. The van der Waals surface area contributed by atoms with Gasteiger partial charge in [0, 0.05) is 24.2 Å². The number of ether oxygens (including phenoxy) is 1. The predicted octanol–water partition coefficient (Wildman–Crippen LogP) is 3.91. The average molecular weight is 321 g/mol. The number of nitrogens with one attached hydrogen (secondary N) is 1. The number of hydrogen-bond donors (Lipinski definition) is 1. The van der Waals surface area contributed by atoms with Crippen LogP contribution in [0.25, 0.3) is 0 Å². The van der Waals surface area contributed by atoms with Crippen molar-refractivity contribution in [2.45, 2.75) is 19.4 Å². The Morgan fingerprint density at radius 3 is 2.91 bits per heavy atom. The molecule has 1 aromatic carbocycles. The van der Waals surface area contributed by atoms with Crippen LogP contribution in [-0.2, 0) is 0 Å². The molecule has 1 aliphatic rings. The van der Waals surface area contributed by atoms with Crippen molar-refractivity contribution >= 4 is 11.6 Å². The summed E-state index contributed by atoms with van der Waals surface area (Å²) in [5.41, 5.74) is 1.81. The van der Waals surface area contributed by atoms with E-state index in [0.29, 0.717) is 10.8 Å². The first-order valence-electron chi connectivity index (χ1n) is 7.37. The van der Waals surface area contributed by atoms with Crippen LogP contribution in [0.5, 0.6) is 5.75 Å². The summed E-state index contributed by atoms with van der Waals surface area (Å²) >= 11 is 6.27. The summed E-state index contributed by atoms with van der Waals surface area (Å²) in [6.45, 7) is 3.75. The van der Waals surface area contributed by atoms with Crippen LogP contribution in [0.3, 0.4) is 0 Å². The van der Waals surface area contributed by atoms with E-state index in [1.165, 1.54) is 12.3 Å². The maximum Gasteiger partial charge on any atom is 0.141 e. The van der Waals surface area contributed by atoms with Gasteiger partial charge in [-0.25, -0.2) is 4.39 Å². The maximum absolute atomic E-state index is 13.5. The zero-order valence-corrected chi connectivity index (χ0v) is 13.1. The van der Waals surface area contributed by atoms with Gasteiger partial charge in [-0.3, -0.25) is 4.98 Å². The molecule has 116 valence electrons. The summed E-state index contributed by atoms with van der Waals surface area (Å²) in [5.74, 6) is 0.529. The standard InChI is InChI=1S/C17H18ClFN2O/c1-11-2-3-16(15(18)6-11)22-17(12-4-5-20-8-12)13-7-14(19)10-21-9-13/h2-3,6-7,9-10,12,17,20H,4-5,8H2,1H3/t12?,17-/m0/s1. The van der Waals surface area contributed by atoms with E-state index in [1.54, 1.807) is 6.20 Å². The smallest absolute Gasteiger partial charge is 0.141 e. The van der Waals surface area contributed by atoms with E-state index in [-0.39, 0.29) is 17.8 Å². The summed E-state index contributed by atoms with van der Waals surface area (Å²) in [4.78, 5) is 3.95. The highest BCUT2D eigenvalue weighted by molar-refractivity contribution is 6.32. The number of halogens is 2. The fraction of sp³-hybridized carbons (Fsp3) is 0.353. The molecule has 3 nitrogen and oxygen atoms in total. The highest BCUT2D eigenvalue weighted by atomic mass is 35.5. The lowest BCUT2D eigenvalue weighted by atomic mass is 9.96. The van der Waals surface area contributed by atoms with Crippen molar-refractivity contribution in [3.8, 4) is 5.75 Å². The molecule has 2 atom stereocenters. The molecule has 5 heteroatoms. The van der Waals surface area contributed by atoms with Gasteiger partial charge in [0.1, 0.15) is 17.7 Å². The third-order valence-corrected chi connectivity index (χ3v) is 4.22. The Hall–Kier alpha value is -1.65. The predicted molar refractivity (Wildman–Crippen MR) is 84.7 cm³/mol. The van der Waals surface area contributed by atoms with Crippen molar-refractivity contribution in [3.05, 3.63) is 58.6 Å². The molecule has 1 N–H and O–H groups in total. The molecule has 2 aromatic rings. The Labute approximate surface area is 134 Å². The van der Waals surface area contributed by atoms with Crippen molar-refractivity contribution in [1.29, 1.82) is 0 Å². The van der Waals surface area contributed by atoms with Crippen molar-refractivity contribution in [2.75, 3.05) is 13.1 Å². The molecule has 0 radical (unpaired) electrons. The van der Waals surface area contributed by atoms with Gasteiger partial charge < -0.3 is 10.1 Å². The molecule has 0 amide bonds. The fourth-order valence-corrected chi connectivity index (χ4v) is 3.07. The molecule has 22 heavy (non-hydrogen) atoms. The Bertz CT molecular complexity index is 659. The van der Waals surface area contributed by atoms with Crippen LogP contribution in [-0.4, -0.2) is 18.1 Å². The van der Waals surface area contributed by atoms with Crippen LogP contribution >= 0.6 is 11.6 Å². The molecule has 0 saturated carbocycles. The first kappa shape index (κ1) is 15.3. The second kappa shape index (κ2) is 6.63. The molecule has 1 aromatic heterocycles. The van der Waals surface area contributed by atoms with Crippen LogP contribution in [0.4, 0.5) is 4.39 Å². The lowest BCUT2D eigenvalue weighted by molar-refractivity contribution is 0.144. The third-order valence-electron chi connectivity index (χ3n) is 3.92. The van der Waals surface area contributed by atoms with Crippen LogP contribution in [0.1, 0.15) is 23.7 Å². The summed E-state index contributed by atoms with van der Waals surface area (Å²) in [5, 5.41) is 3.89. The number of pyridine rings is 1. The topological polar surface area (TPSA) is 34.1 Å². The molecular weight excluding hydrogens is 303 g/mol. The molecule has 1 aliphatic heterocycles. The number of hydrogen-bond acceptors (Lipinski definition) is 3. The largest absolute Gasteiger partial charge is 0.484 e. The Morgan fingerprint density at radius 2 is 2.23 bits per heavy atom. The van der Waals surface area contributed by atoms with Gasteiger partial charge in [-0.1, -0.05) is 17.7 Å². The van der Waals surface area contributed by atoms with E-state index in [4.69, 9.17) is 16.3 Å². The van der Waals surface area contributed by atoms with Crippen LogP contribution in [0, 0.1) is 18.7 Å². The molecule has 0 bridgehead atoms. The van der Waals surface area contributed by atoms with Crippen LogP contribution in [0.2, 0.25) is 5.02 Å². The van der Waals surface area contributed by atoms with Gasteiger partial charge in [-0.05, 0) is 43.7 Å². The number of nitrogens with zero attached hydrogens (tertiary/aromatic N) is 1. The first-order valence-corrected chi connectivity index (χ1v) is 7.75. The summed E-state index contributed by atoms with van der Waals surface area (Å²) < 4.78 is 19.7. The van der Waals surface area contributed by atoms with Crippen molar-refractivity contribution < 1.29 is 9.13 Å². The monoisotopic (exact) mass is 320 g/mol. The molecule has 3 rings (SSSR count). The first-order chi connectivity index (χ1) is 10.6. The minimum atomic E-state index is -0.355. The van der Waals surface area contributed by atoms with E-state index >= 15 is 0 Å². The van der Waals surface area contributed by atoms with Crippen LogP contribution in [0.15, 0.2) is 36.7 Å². The molecule has 1 unspecified atom stereocenters. The van der Waals surface area contributed by atoms with Gasteiger partial charge in [-0.2, -0.15) is 0 Å². The molecule has 0 aliphatic carbocycles. The second-order valence-corrected chi connectivity index (χ2v) is 6.07. The highest BCUT2D eigenvalue weighted by Crippen LogP contribution is 2.35. The molecular formula is C17H18ClFN2O. The lowest BCUT2D eigenvalue weighted by Crippen LogP contribution is -2.22. The summed E-state index contributed by atoms with van der Waals surface area (Å²) in [6.07, 6.45) is 3.57. The molecule has 1 fully saturated rings. The fourth-order valence-electron chi connectivity index (χ4n) is 2.79. The van der Waals surface area contributed by atoms with Crippen molar-refractivity contribution in [2.24, 2.45) is 5.92 Å². The lowest BCUT2D eigenvalue weighted by Gasteiger charge is -2.25. The molecule has 1 saturated heterocycles. The number of rotatable bonds is 4. The van der Waals surface area contributed by atoms with Crippen molar-refractivity contribution in [3.63, 3.8) is 0 Å². The van der Waals surface area contributed by atoms with E-state index in [1.807, 2.05) is 25.1 Å². The number of aromatic nitrogens is 1. The van der Waals surface area contributed by atoms with Gasteiger partial charge in [0.2, 0.25) is 0 Å². The van der Waals surface area contributed by atoms with Gasteiger partial charge in [0.25, 0.3) is 0 Å². The van der Waals surface area contributed by atoms with Crippen molar-refractivity contribution in [1.82, 2.24) is 10.3 Å². The quantitative estimate of drug-likeness (QED) is 0.927. The second-order valence-electron chi connectivity index (χ2n) is 5.66.